The Labute approximate surface area is 138 Å². The van der Waals surface area contributed by atoms with Crippen molar-refractivity contribution in [1.82, 2.24) is 0 Å². The first kappa shape index (κ1) is 15.3. The summed E-state index contributed by atoms with van der Waals surface area (Å²) in [5.74, 6) is 0. The van der Waals surface area contributed by atoms with Crippen LogP contribution in [0.1, 0.15) is 16.7 Å². The quantitative estimate of drug-likeness (QED) is 0.497. The molecule has 0 nitrogen and oxygen atoms in total. The molecule has 0 aliphatic carbocycles. The summed E-state index contributed by atoms with van der Waals surface area (Å²) in [6, 6.07) is 23.6. The highest BCUT2D eigenvalue weighted by Crippen LogP contribution is 2.26. The van der Waals surface area contributed by atoms with Gasteiger partial charge in [0, 0.05) is 0 Å². The Bertz CT molecular complexity index is 1000. The van der Waals surface area contributed by atoms with E-state index in [1.54, 1.807) is 0 Å². The zero-order valence-corrected chi connectivity index (χ0v) is 14.1. The Kier molecular flexibility index (Phi) is 4.16. The largest absolute Gasteiger partial charge is 0.0911 e. The van der Waals surface area contributed by atoms with Gasteiger partial charge in [0.1, 0.15) is 0 Å². The zero-order chi connectivity index (χ0) is 16.4. The number of benzene rings is 2. The summed E-state index contributed by atoms with van der Waals surface area (Å²) in [6.07, 6.45) is 0. The van der Waals surface area contributed by atoms with Crippen LogP contribution in [0.4, 0.5) is 0 Å². The van der Waals surface area contributed by atoms with Gasteiger partial charge < -0.3 is 0 Å². The predicted molar refractivity (Wildman–Crippen MR) is 103 cm³/mol. The minimum Gasteiger partial charge on any atom is -0.0911 e. The first-order valence-electron chi connectivity index (χ1n) is 8.00. The van der Waals surface area contributed by atoms with E-state index in [0.29, 0.717) is 0 Å². The third-order valence-electron chi connectivity index (χ3n) is 4.50. The average Bonchev–Trinajstić information content (AvgIpc) is 2.57. The standard InChI is InChI=1S/C23H22/c1-16-8-5-9-18(3)21-12-6-10-20-11-7-13-22(23(20)21)19(4)17(2)15-14-16/h5-15H,3H2,1-2,4H3. The van der Waals surface area contributed by atoms with Crippen molar-refractivity contribution in [3.63, 3.8) is 0 Å². The van der Waals surface area contributed by atoms with Gasteiger partial charge >= 0.3 is 0 Å². The van der Waals surface area contributed by atoms with E-state index in [2.05, 4.69) is 94.1 Å². The lowest BCUT2D eigenvalue weighted by Gasteiger charge is -2.06. The highest BCUT2D eigenvalue weighted by atomic mass is 14.1. The van der Waals surface area contributed by atoms with Crippen molar-refractivity contribution in [3.05, 3.63) is 88.6 Å². The van der Waals surface area contributed by atoms with Crippen molar-refractivity contribution in [2.24, 2.45) is 0 Å². The third kappa shape index (κ3) is 2.98. The number of hydrogen-bond donors (Lipinski definition) is 0. The minimum atomic E-state index is 1.04. The van der Waals surface area contributed by atoms with E-state index < -0.39 is 0 Å². The molecule has 0 aliphatic heterocycles. The molecule has 23 heavy (non-hydrogen) atoms. The third-order valence-corrected chi connectivity index (χ3v) is 4.50. The summed E-state index contributed by atoms with van der Waals surface area (Å²) in [4.78, 5) is 0. The molecule has 0 fully saturated rings. The second kappa shape index (κ2) is 6.26. The van der Waals surface area contributed by atoms with Gasteiger partial charge in [-0.2, -0.15) is 0 Å². The van der Waals surface area contributed by atoms with Crippen molar-refractivity contribution < 1.29 is 0 Å². The molecule has 3 aromatic rings. The number of rotatable bonds is 0. The Morgan fingerprint density at radius 1 is 0.652 bits per heavy atom. The smallest absolute Gasteiger partial charge is 0.00303 e. The molecule has 0 saturated heterocycles. The molecular weight excluding hydrogens is 276 g/mol. The van der Waals surface area contributed by atoms with Gasteiger partial charge in [-0.3, -0.25) is 0 Å². The lowest BCUT2D eigenvalue weighted by atomic mass is 9.98. The molecule has 0 aromatic heterocycles. The van der Waals surface area contributed by atoms with Gasteiger partial charge in [-0.05, 0) is 58.7 Å². The van der Waals surface area contributed by atoms with Crippen molar-refractivity contribution in [3.8, 4) is 0 Å². The first-order chi connectivity index (χ1) is 11.1. The van der Waals surface area contributed by atoms with Gasteiger partial charge in [-0.25, -0.2) is 0 Å². The average molecular weight is 298 g/mol. The summed E-state index contributed by atoms with van der Waals surface area (Å²) in [5.41, 5.74) is 3.83. The second-order valence-corrected chi connectivity index (χ2v) is 6.15. The lowest BCUT2D eigenvalue weighted by molar-refractivity contribution is 1.38. The van der Waals surface area contributed by atoms with Gasteiger partial charge in [0.15, 0.2) is 0 Å². The lowest BCUT2D eigenvalue weighted by Crippen LogP contribution is -1.96. The van der Waals surface area contributed by atoms with Crippen LogP contribution in [0.15, 0.2) is 66.7 Å². The van der Waals surface area contributed by atoms with Crippen LogP contribution in [-0.4, -0.2) is 0 Å². The summed E-state index contributed by atoms with van der Waals surface area (Å²) in [6.45, 7) is 10.8. The second-order valence-electron chi connectivity index (χ2n) is 6.15. The van der Waals surface area contributed by atoms with Gasteiger partial charge in [-0.15, -0.1) is 0 Å². The van der Waals surface area contributed by atoms with E-state index in [0.717, 1.165) is 5.22 Å². The summed E-state index contributed by atoms with van der Waals surface area (Å²) in [5, 5.41) is 6.09. The fourth-order valence-corrected chi connectivity index (χ4v) is 2.98. The monoisotopic (exact) mass is 298 g/mol. The molecule has 0 atom stereocenters. The molecule has 0 unspecified atom stereocenters. The van der Waals surface area contributed by atoms with Crippen molar-refractivity contribution >= 4 is 28.1 Å². The molecule has 0 bridgehead atoms. The summed E-state index contributed by atoms with van der Waals surface area (Å²) >= 11 is 0. The number of aryl methyl sites for hydroxylation is 3. The summed E-state index contributed by atoms with van der Waals surface area (Å²) in [7, 11) is 0. The van der Waals surface area contributed by atoms with Crippen LogP contribution in [0.2, 0.25) is 0 Å². The van der Waals surface area contributed by atoms with E-state index in [4.69, 9.17) is 0 Å². The van der Waals surface area contributed by atoms with E-state index in [-0.39, 0.29) is 0 Å². The van der Waals surface area contributed by atoms with E-state index in [9.17, 15) is 0 Å². The molecule has 0 saturated carbocycles. The highest BCUT2D eigenvalue weighted by Gasteiger charge is 2.02. The van der Waals surface area contributed by atoms with Crippen molar-refractivity contribution in [2.45, 2.75) is 20.8 Å². The van der Waals surface area contributed by atoms with Crippen LogP contribution < -0.4 is 5.22 Å². The fourth-order valence-electron chi connectivity index (χ4n) is 2.98. The topological polar surface area (TPSA) is 0 Å². The maximum atomic E-state index is 4.29. The van der Waals surface area contributed by atoms with E-state index in [1.165, 1.54) is 38.2 Å². The van der Waals surface area contributed by atoms with Crippen LogP contribution in [0, 0.1) is 20.8 Å². The Balaban J connectivity index is 2.69. The maximum absolute atomic E-state index is 4.29. The Morgan fingerprint density at radius 2 is 1.30 bits per heavy atom. The van der Waals surface area contributed by atoms with Crippen LogP contribution in [0.3, 0.4) is 0 Å². The molecule has 0 radical (unpaired) electrons. The van der Waals surface area contributed by atoms with Gasteiger partial charge in [0.2, 0.25) is 0 Å². The molecule has 0 N–H and O–H groups in total. The van der Waals surface area contributed by atoms with Crippen LogP contribution in [-0.2, 0) is 0 Å². The zero-order valence-electron chi connectivity index (χ0n) is 14.1. The molecule has 0 amide bonds. The number of hydrogen-bond acceptors (Lipinski definition) is 0. The Morgan fingerprint density at radius 3 is 2.04 bits per heavy atom. The van der Waals surface area contributed by atoms with Gasteiger partial charge in [-0.1, -0.05) is 78.9 Å². The van der Waals surface area contributed by atoms with Crippen LogP contribution in [0.25, 0.3) is 28.1 Å². The maximum Gasteiger partial charge on any atom is -0.00303 e. The van der Waals surface area contributed by atoms with E-state index >= 15 is 0 Å². The van der Waals surface area contributed by atoms with Gasteiger partial charge in [0.05, 0.1) is 0 Å². The molecule has 3 rings (SSSR count). The molecule has 0 spiro atoms. The highest BCUT2D eigenvalue weighted by molar-refractivity contribution is 6.10. The Hall–Kier alpha value is -2.60. The minimum absolute atomic E-state index is 1.04. The normalized spacial score (nSPS) is 10.6. The molecule has 114 valence electrons. The molecule has 3 aromatic carbocycles. The molecule has 0 heteroatoms. The molecular formula is C23H22. The molecule has 0 aliphatic rings. The SMILES string of the molecule is C=c1cccc(C)ccc(C)c(C)c2cccc3cccc1c32. The van der Waals surface area contributed by atoms with Gasteiger partial charge in [0.25, 0.3) is 0 Å². The van der Waals surface area contributed by atoms with Crippen LogP contribution in [0.5, 0.6) is 0 Å². The van der Waals surface area contributed by atoms with E-state index in [1.807, 2.05) is 0 Å². The summed E-state index contributed by atoms with van der Waals surface area (Å²) < 4.78 is 0. The van der Waals surface area contributed by atoms with Crippen molar-refractivity contribution in [1.29, 1.82) is 0 Å². The fraction of sp³-hybridized carbons (Fsp3) is 0.130. The predicted octanol–water partition coefficient (Wildman–Crippen LogP) is 5.73. The first-order valence-corrected chi connectivity index (χ1v) is 8.00. The van der Waals surface area contributed by atoms with Crippen LogP contribution >= 0.6 is 0 Å². The van der Waals surface area contributed by atoms with Crippen molar-refractivity contribution in [2.75, 3.05) is 0 Å². The molecule has 0 heterocycles.